The van der Waals surface area contributed by atoms with E-state index in [0.717, 1.165) is 5.56 Å². The van der Waals surface area contributed by atoms with Crippen LogP contribution >= 0.6 is 11.3 Å². The fourth-order valence-corrected chi connectivity index (χ4v) is 2.92. The van der Waals surface area contributed by atoms with Gasteiger partial charge < -0.3 is 5.73 Å². The van der Waals surface area contributed by atoms with Crippen LogP contribution in [0, 0.1) is 0 Å². The molecule has 0 fully saturated rings. The van der Waals surface area contributed by atoms with Crippen molar-refractivity contribution in [3.63, 3.8) is 0 Å². The first-order valence-electron chi connectivity index (χ1n) is 5.91. The molecule has 19 heavy (non-hydrogen) atoms. The van der Waals surface area contributed by atoms with E-state index in [-0.39, 0.29) is 24.4 Å². The summed E-state index contributed by atoms with van der Waals surface area (Å²) in [6.45, 7) is 0.211. The second-order valence-corrected chi connectivity index (χ2v) is 5.21. The van der Waals surface area contributed by atoms with Gasteiger partial charge in [0.1, 0.15) is 0 Å². The van der Waals surface area contributed by atoms with Gasteiger partial charge in [-0.2, -0.15) is 11.3 Å². The summed E-state index contributed by atoms with van der Waals surface area (Å²) < 4.78 is 0. The summed E-state index contributed by atoms with van der Waals surface area (Å²) in [7, 11) is 0. The summed E-state index contributed by atoms with van der Waals surface area (Å²) in [6.07, 6.45) is 0. The highest BCUT2D eigenvalue weighted by Crippen LogP contribution is 2.25. The highest BCUT2D eigenvalue weighted by Gasteiger charge is 2.35. The predicted molar refractivity (Wildman–Crippen MR) is 73.1 cm³/mol. The molecule has 1 atom stereocenters. The van der Waals surface area contributed by atoms with Crippen LogP contribution in [0.2, 0.25) is 0 Å². The fraction of sp³-hybridized carbons (Fsp3) is 0.143. The molecule has 0 saturated carbocycles. The molecule has 2 N–H and O–H groups in total. The average molecular weight is 272 g/mol. The molecule has 0 unspecified atom stereocenters. The molecule has 1 aliphatic rings. The third kappa shape index (κ3) is 1.97. The van der Waals surface area contributed by atoms with E-state index in [9.17, 15) is 9.59 Å². The van der Waals surface area contributed by atoms with Crippen LogP contribution in [0.25, 0.3) is 0 Å². The Labute approximate surface area is 114 Å². The minimum absolute atomic E-state index is 0.211. The molecule has 0 bridgehead atoms. The first-order valence-corrected chi connectivity index (χ1v) is 6.85. The zero-order valence-electron chi connectivity index (χ0n) is 10.1. The van der Waals surface area contributed by atoms with Crippen molar-refractivity contribution in [3.05, 3.63) is 57.8 Å². The Kier molecular flexibility index (Phi) is 2.93. The minimum Gasteiger partial charge on any atom is -0.322 e. The smallest absolute Gasteiger partial charge is 0.261 e. The largest absolute Gasteiger partial charge is 0.322 e. The van der Waals surface area contributed by atoms with E-state index in [4.69, 9.17) is 5.73 Å². The van der Waals surface area contributed by atoms with E-state index < -0.39 is 0 Å². The number of amides is 2. The number of imide groups is 1. The first kappa shape index (κ1) is 12.1. The van der Waals surface area contributed by atoms with Crippen LogP contribution in [0.1, 0.15) is 32.3 Å². The van der Waals surface area contributed by atoms with E-state index in [0.29, 0.717) is 11.1 Å². The lowest BCUT2D eigenvalue weighted by Gasteiger charge is -2.18. The third-order valence-electron chi connectivity index (χ3n) is 3.23. The van der Waals surface area contributed by atoms with Crippen molar-refractivity contribution >= 4 is 23.2 Å². The highest BCUT2D eigenvalue weighted by molar-refractivity contribution is 7.07. The Morgan fingerprint density at radius 3 is 2.26 bits per heavy atom. The summed E-state index contributed by atoms with van der Waals surface area (Å²) in [5.41, 5.74) is 7.91. The highest BCUT2D eigenvalue weighted by atomic mass is 32.1. The van der Waals surface area contributed by atoms with Crippen molar-refractivity contribution in [2.24, 2.45) is 5.73 Å². The average Bonchev–Trinajstić information content (AvgIpc) is 3.03. The zero-order chi connectivity index (χ0) is 13.4. The van der Waals surface area contributed by atoms with Gasteiger partial charge in [0.05, 0.1) is 11.1 Å². The molecule has 0 spiro atoms. The van der Waals surface area contributed by atoms with Gasteiger partial charge in [-0.15, -0.1) is 0 Å². The third-order valence-corrected chi connectivity index (χ3v) is 3.93. The molecule has 0 radical (unpaired) electrons. The maximum atomic E-state index is 12.2. The summed E-state index contributed by atoms with van der Waals surface area (Å²) in [5, 5.41) is 3.86. The molecule has 0 aliphatic carbocycles. The zero-order valence-corrected chi connectivity index (χ0v) is 10.9. The number of carbonyl (C=O) groups excluding carboxylic acids is 2. The minimum atomic E-state index is -0.339. The van der Waals surface area contributed by atoms with Crippen LogP contribution in [0.3, 0.4) is 0 Å². The molecule has 1 aliphatic heterocycles. The Morgan fingerprint density at radius 1 is 1.11 bits per heavy atom. The molecule has 2 heterocycles. The van der Waals surface area contributed by atoms with Gasteiger partial charge in [-0.3, -0.25) is 14.5 Å². The van der Waals surface area contributed by atoms with Crippen molar-refractivity contribution in [2.45, 2.75) is 6.04 Å². The first-order chi connectivity index (χ1) is 9.18. The molecule has 0 saturated heterocycles. The lowest BCUT2D eigenvalue weighted by Crippen LogP contribution is -2.36. The Balaban J connectivity index is 1.85. The van der Waals surface area contributed by atoms with Gasteiger partial charge >= 0.3 is 0 Å². The predicted octanol–water partition coefficient (Wildman–Crippen LogP) is 2.04. The number of thiophene rings is 1. The molecule has 96 valence electrons. The standard InChI is InChI=1S/C14H12N2O2S/c15-12(9-5-6-19-8-9)7-16-13(17)10-3-1-2-4-11(10)14(16)18/h1-6,8,12H,7,15H2/t12-/m1/s1. The summed E-state index contributed by atoms with van der Waals surface area (Å²) in [6, 6.07) is 8.43. The van der Waals surface area contributed by atoms with Crippen molar-refractivity contribution in [3.8, 4) is 0 Å². The Morgan fingerprint density at radius 2 is 1.74 bits per heavy atom. The van der Waals surface area contributed by atoms with Crippen LogP contribution in [0.4, 0.5) is 0 Å². The summed E-state index contributed by atoms with van der Waals surface area (Å²) in [4.78, 5) is 25.6. The normalized spacial score (nSPS) is 15.7. The van der Waals surface area contributed by atoms with E-state index in [1.165, 1.54) is 4.90 Å². The molecular weight excluding hydrogens is 260 g/mol. The van der Waals surface area contributed by atoms with Gasteiger partial charge in [-0.1, -0.05) is 12.1 Å². The van der Waals surface area contributed by atoms with Crippen LogP contribution in [-0.4, -0.2) is 23.3 Å². The van der Waals surface area contributed by atoms with Crippen molar-refractivity contribution in [1.29, 1.82) is 0 Å². The molecular formula is C14H12N2O2S. The molecule has 1 aromatic heterocycles. The number of rotatable bonds is 3. The Bertz CT molecular complexity index is 602. The van der Waals surface area contributed by atoms with E-state index in [1.54, 1.807) is 35.6 Å². The SMILES string of the molecule is N[C@H](CN1C(=O)c2ccccc2C1=O)c1ccsc1. The molecule has 3 rings (SSSR count). The van der Waals surface area contributed by atoms with Gasteiger partial charge in [0.15, 0.2) is 0 Å². The van der Waals surface area contributed by atoms with E-state index in [2.05, 4.69) is 0 Å². The molecule has 1 aromatic carbocycles. The molecule has 2 aromatic rings. The van der Waals surface area contributed by atoms with Gasteiger partial charge in [0.2, 0.25) is 0 Å². The van der Waals surface area contributed by atoms with Crippen molar-refractivity contribution in [2.75, 3.05) is 6.54 Å². The molecule has 4 nitrogen and oxygen atoms in total. The Hall–Kier alpha value is -1.98. The van der Waals surface area contributed by atoms with Crippen molar-refractivity contribution in [1.82, 2.24) is 4.90 Å². The quantitative estimate of drug-likeness (QED) is 0.870. The number of carbonyl (C=O) groups is 2. The number of nitrogens with zero attached hydrogens (tertiary/aromatic N) is 1. The maximum absolute atomic E-state index is 12.2. The second-order valence-electron chi connectivity index (χ2n) is 4.43. The van der Waals surface area contributed by atoms with E-state index >= 15 is 0 Å². The van der Waals surface area contributed by atoms with Crippen LogP contribution in [0.5, 0.6) is 0 Å². The van der Waals surface area contributed by atoms with Crippen LogP contribution in [-0.2, 0) is 0 Å². The van der Waals surface area contributed by atoms with Gasteiger partial charge in [0.25, 0.3) is 11.8 Å². The summed E-state index contributed by atoms with van der Waals surface area (Å²) in [5.74, 6) is -0.516. The number of nitrogens with two attached hydrogens (primary N) is 1. The molecule has 2 amide bonds. The second kappa shape index (κ2) is 4.60. The topological polar surface area (TPSA) is 63.4 Å². The maximum Gasteiger partial charge on any atom is 0.261 e. The summed E-state index contributed by atoms with van der Waals surface area (Å²) >= 11 is 1.55. The lowest BCUT2D eigenvalue weighted by atomic mass is 10.1. The monoisotopic (exact) mass is 272 g/mol. The number of benzene rings is 1. The fourth-order valence-electron chi connectivity index (χ4n) is 2.19. The number of hydrogen-bond acceptors (Lipinski definition) is 4. The van der Waals surface area contributed by atoms with Gasteiger partial charge in [-0.25, -0.2) is 0 Å². The lowest BCUT2D eigenvalue weighted by molar-refractivity contribution is 0.0645. The number of hydrogen-bond donors (Lipinski definition) is 1. The van der Waals surface area contributed by atoms with Crippen molar-refractivity contribution < 1.29 is 9.59 Å². The number of fused-ring (bicyclic) bond motifs is 1. The van der Waals surface area contributed by atoms with Crippen LogP contribution in [0.15, 0.2) is 41.1 Å². The van der Waals surface area contributed by atoms with Gasteiger partial charge in [0, 0.05) is 12.6 Å². The molecule has 5 heteroatoms. The van der Waals surface area contributed by atoms with E-state index in [1.807, 2.05) is 16.8 Å². The van der Waals surface area contributed by atoms with Crippen LogP contribution < -0.4 is 5.73 Å². The van der Waals surface area contributed by atoms with Gasteiger partial charge in [-0.05, 0) is 34.5 Å².